The van der Waals surface area contributed by atoms with Crippen molar-refractivity contribution in [1.29, 1.82) is 0 Å². The largest absolute Gasteiger partial charge is 0.465 e. The standard InChI is InChI=1S/C11H15ClN4O2/c1-15(11(17)18)8-3-6-16(7-4-8)10-13-5-2-9(12)14-10/h2,5,8H,3-4,6-7H2,1H3,(H,17,18). The molecule has 1 amide bonds. The molecular formula is C11H15ClN4O2. The van der Waals surface area contributed by atoms with Gasteiger partial charge in [-0.15, -0.1) is 0 Å². The molecule has 0 atom stereocenters. The Morgan fingerprint density at radius 2 is 2.22 bits per heavy atom. The van der Waals surface area contributed by atoms with E-state index < -0.39 is 6.09 Å². The molecule has 6 nitrogen and oxygen atoms in total. The van der Waals surface area contributed by atoms with Gasteiger partial charge in [0.2, 0.25) is 5.95 Å². The summed E-state index contributed by atoms with van der Waals surface area (Å²) in [6.07, 6.45) is 2.30. The van der Waals surface area contributed by atoms with Gasteiger partial charge in [-0.05, 0) is 18.9 Å². The van der Waals surface area contributed by atoms with Gasteiger partial charge in [0.1, 0.15) is 5.15 Å². The van der Waals surface area contributed by atoms with E-state index in [4.69, 9.17) is 16.7 Å². The van der Waals surface area contributed by atoms with Crippen molar-refractivity contribution in [2.24, 2.45) is 0 Å². The number of carboxylic acid groups (broad SMARTS) is 1. The first-order chi connectivity index (χ1) is 8.58. The van der Waals surface area contributed by atoms with Crippen LogP contribution in [-0.2, 0) is 0 Å². The zero-order chi connectivity index (χ0) is 13.1. The van der Waals surface area contributed by atoms with Gasteiger partial charge in [0.15, 0.2) is 0 Å². The van der Waals surface area contributed by atoms with Crippen LogP contribution >= 0.6 is 11.6 Å². The van der Waals surface area contributed by atoms with Crippen molar-refractivity contribution in [2.45, 2.75) is 18.9 Å². The molecule has 98 valence electrons. The summed E-state index contributed by atoms with van der Waals surface area (Å²) in [5, 5.41) is 9.34. The highest BCUT2D eigenvalue weighted by molar-refractivity contribution is 6.29. The van der Waals surface area contributed by atoms with E-state index in [0.717, 1.165) is 25.9 Å². The van der Waals surface area contributed by atoms with E-state index in [1.54, 1.807) is 19.3 Å². The summed E-state index contributed by atoms with van der Waals surface area (Å²) in [5.74, 6) is 0.610. The van der Waals surface area contributed by atoms with Gasteiger partial charge in [-0.1, -0.05) is 11.6 Å². The van der Waals surface area contributed by atoms with E-state index in [-0.39, 0.29) is 6.04 Å². The van der Waals surface area contributed by atoms with Crippen LogP contribution in [0.5, 0.6) is 0 Å². The maximum absolute atomic E-state index is 10.9. The molecule has 0 spiro atoms. The number of halogens is 1. The molecular weight excluding hydrogens is 256 g/mol. The molecule has 0 aliphatic carbocycles. The van der Waals surface area contributed by atoms with Crippen LogP contribution in [-0.4, -0.2) is 52.2 Å². The fraction of sp³-hybridized carbons (Fsp3) is 0.545. The zero-order valence-corrected chi connectivity index (χ0v) is 10.8. The van der Waals surface area contributed by atoms with Crippen molar-refractivity contribution >= 4 is 23.6 Å². The van der Waals surface area contributed by atoms with Gasteiger partial charge in [-0.2, -0.15) is 0 Å². The highest BCUT2D eigenvalue weighted by Gasteiger charge is 2.26. The molecule has 18 heavy (non-hydrogen) atoms. The number of carbonyl (C=O) groups is 1. The van der Waals surface area contributed by atoms with E-state index in [1.807, 2.05) is 4.90 Å². The monoisotopic (exact) mass is 270 g/mol. The van der Waals surface area contributed by atoms with Gasteiger partial charge in [0.05, 0.1) is 0 Å². The van der Waals surface area contributed by atoms with Crippen molar-refractivity contribution in [3.63, 3.8) is 0 Å². The summed E-state index contributed by atoms with van der Waals surface area (Å²) < 4.78 is 0. The quantitative estimate of drug-likeness (QED) is 0.829. The SMILES string of the molecule is CN(C(=O)O)C1CCN(c2nccc(Cl)n2)CC1. The predicted molar refractivity (Wildman–Crippen MR) is 68.1 cm³/mol. The molecule has 1 aromatic rings. The smallest absolute Gasteiger partial charge is 0.407 e. The van der Waals surface area contributed by atoms with Crippen molar-refractivity contribution in [2.75, 3.05) is 25.0 Å². The molecule has 0 aromatic carbocycles. The highest BCUT2D eigenvalue weighted by atomic mass is 35.5. The Labute approximate surface area is 110 Å². The number of piperidine rings is 1. The van der Waals surface area contributed by atoms with Crippen LogP contribution in [0.1, 0.15) is 12.8 Å². The first-order valence-electron chi connectivity index (χ1n) is 5.77. The Hall–Kier alpha value is -1.56. The van der Waals surface area contributed by atoms with Crippen molar-refractivity contribution < 1.29 is 9.90 Å². The second-order valence-corrected chi connectivity index (χ2v) is 4.68. The first-order valence-corrected chi connectivity index (χ1v) is 6.15. The molecule has 0 unspecified atom stereocenters. The third kappa shape index (κ3) is 2.81. The van der Waals surface area contributed by atoms with Gasteiger partial charge >= 0.3 is 6.09 Å². The first kappa shape index (κ1) is 12.9. The minimum absolute atomic E-state index is 0.0675. The zero-order valence-electron chi connectivity index (χ0n) is 10.1. The molecule has 0 bridgehead atoms. The minimum Gasteiger partial charge on any atom is -0.465 e. The minimum atomic E-state index is -0.882. The molecule has 1 N–H and O–H groups in total. The molecule has 1 fully saturated rings. The number of amides is 1. The molecule has 7 heteroatoms. The summed E-state index contributed by atoms with van der Waals surface area (Å²) in [7, 11) is 1.61. The van der Waals surface area contributed by atoms with Gasteiger partial charge in [0, 0.05) is 32.4 Å². The van der Waals surface area contributed by atoms with Crippen LogP contribution in [0.25, 0.3) is 0 Å². The van der Waals surface area contributed by atoms with Crippen molar-refractivity contribution in [3.05, 3.63) is 17.4 Å². The van der Waals surface area contributed by atoms with Gasteiger partial charge in [0.25, 0.3) is 0 Å². The Morgan fingerprint density at radius 3 is 2.78 bits per heavy atom. The second-order valence-electron chi connectivity index (χ2n) is 4.29. The van der Waals surface area contributed by atoms with Crippen LogP contribution < -0.4 is 4.90 Å². The van der Waals surface area contributed by atoms with Crippen LogP contribution in [0.15, 0.2) is 12.3 Å². The van der Waals surface area contributed by atoms with Gasteiger partial charge in [-0.3, -0.25) is 0 Å². The summed E-state index contributed by atoms with van der Waals surface area (Å²) in [5.41, 5.74) is 0. The average molecular weight is 271 g/mol. The maximum atomic E-state index is 10.9. The Bertz CT molecular complexity index is 435. The number of rotatable bonds is 2. The van der Waals surface area contributed by atoms with Gasteiger partial charge in [-0.25, -0.2) is 14.8 Å². The molecule has 1 aliphatic rings. The van der Waals surface area contributed by atoms with Crippen LogP contribution in [0, 0.1) is 0 Å². The average Bonchev–Trinajstić information content (AvgIpc) is 2.38. The summed E-state index contributed by atoms with van der Waals surface area (Å²) in [6.45, 7) is 1.48. The number of nitrogens with zero attached hydrogens (tertiary/aromatic N) is 4. The molecule has 1 aliphatic heterocycles. The van der Waals surface area contributed by atoms with Crippen LogP contribution in [0.4, 0.5) is 10.7 Å². The lowest BCUT2D eigenvalue weighted by Crippen LogP contribution is -2.45. The summed E-state index contributed by atoms with van der Waals surface area (Å²) in [6, 6.07) is 1.70. The third-order valence-electron chi connectivity index (χ3n) is 3.21. The lowest BCUT2D eigenvalue weighted by molar-refractivity contribution is 0.131. The summed E-state index contributed by atoms with van der Waals surface area (Å²) in [4.78, 5) is 22.6. The highest BCUT2D eigenvalue weighted by Crippen LogP contribution is 2.20. The number of aromatic nitrogens is 2. The molecule has 0 radical (unpaired) electrons. The molecule has 1 saturated heterocycles. The Kier molecular flexibility index (Phi) is 3.86. The van der Waals surface area contributed by atoms with E-state index >= 15 is 0 Å². The van der Waals surface area contributed by atoms with Gasteiger partial charge < -0.3 is 14.9 Å². The summed E-state index contributed by atoms with van der Waals surface area (Å²) >= 11 is 5.82. The predicted octanol–water partition coefficient (Wildman–Crippen LogP) is 1.71. The fourth-order valence-corrected chi connectivity index (χ4v) is 2.22. The second kappa shape index (κ2) is 5.39. The van der Waals surface area contributed by atoms with E-state index in [0.29, 0.717) is 11.1 Å². The number of hydrogen-bond acceptors (Lipinski definition) is 4. The van der Waals surface area contributed by atoms with Crippen molar-refractivity contribution in [1.82, 2.24) is 14.9 Å². The van der Waals surface area contributed by atoms with E-state index in [2.05, 4.69) is 9.97 Å². The Balaban J connectivity index is 1.96. The Morgan fingerprint density at radius 1 is 1.56 bits per heavy atom. The van der Waals surface area contributed by atoms with E-state index in [9.17, 15) is 4.79 Å². The number of anilines is 1. The molecule has 2 rings (SSSR count). The lowest BCUT2D eigenvalue weighted by Gasteiger charge is -2.35. The van der Waals surface area contributed by atoms with E-state index in [1.165, 1.54) is 4.90 Å². The fourth-order valence-electron chi connectivity index (χ4n) is 2.09. The van der Waals surface area contributed by atoms with Crippen molar-refractivity contribution in [3.8, 4) is 0 Å². The third-order valence-corrected chi connectivity index (χ3v) is 3.42. The molecule has 1 aromatic heterocycles. The normalized spacial score (nSPS) is 16.7. The number of hydrogen-bond donors (Lipinski definition) is 1. The maximum Gasteiger partial charge on any atom is 0.407 e. The lowest BCUT2D eigenvalue weighted by atomic mass is 10.0. The van der Waals surface area contributed by atoms with Crippen LogP contribution in [0.2, 0.25) is 5.15 Å². The topological polar surface area (TPSA) is 69.6 Å². The molecule has 2 heterocycles. The molecule has 0 saturated carbocycles. The van der Waals surface area contributed by atoms with Crippen LogP contribution in [0.3, 0.4) is 0 Å².